The fourth-order valence-corrected chi connectivity index (χ4v) is 2.07. The van der Waals surface area contributed by atoms with Gasteiger partial charge in [0.2, 0.25) is 11.8 Å². The average Bonchev–Trinajstić information content (AvgIpc) is 3.01. The van der Waals surface area contributed by atoms with Gasteiger partial charge in [0.05, 0.1) is 6.54 Å². The summed E-state index contributed by atoms with van der Waals surface area (Å²) >= 11 is 0. The zero-order valence-corrected chi connectivity index (χ0v) is 9.52. The van der Waals surface area contributed by atoms with E-state index in [1.165, 1.54) is 12.8 Å². The Morgan fingerprint density at radius 2 is 1.75 bits per heavy atom. The van der Waals surface area contributed by atoms with E-state index in [0.29, 0.717) is 12.5 Å². The van der Waals surface area contributed by atoms with Crippen molar-refractivity contribution in [2.75, 3.05) is 32.7 Å². The number of nitrogens with two attached hydrogens (primary N) is 1. The van der Waals surface area contributed by atoms with Gasteiger partial charge in [-0.1, -0.05) is 0 Å². The lowest BCUT2D eigenvalue weighted by molar-refractivity contribution is -0.133. The van der Waals surface area contributed by atoms with E-state index in [4.69, 9.17) is 5.73 Å². The summed E-state index contributed by atoms with van der Waals surface area (Å²) in [5, 5.41) is 0. The van der Waals surface area contributed by atoms with Crippen LogP contribution in [0.4, 0.5) is 0 Å². The lowest BCUT2D eigenvalue weighted by Gasteiger charge is -2.34. The number of carbonyl (C=O) groups excluding carboxylic acids is 2. The van der Waals surface area contributed by atoms with Crippen molar-refractivity contribution >= 4 is 11.8 Å². The van der Waals surface area contributed by atoms with E-state index in [9.17, 15) is 9.59 Å². The van der Waals surface area contributed by atoms with Gasteiger partial charge in [-0.25, -0.2) is 0 Å². The second-order valence-electron chi connectivity index (χ2n) is 4.77. The molecular formula is C11H19N3O2. The zero-order valence-electron chi connectivity index (χ0n) is 9.52. The molecule has 0 bridgehead atoms. The number of piperazine rings is 1. The summed E-state index contributed by atoms with van der Waals surface area (Å²) in [5.41, 5.74) is 5.13. The fourth-order valence-electron chi connectivity index (χ4n) is 2.07. The van der Waals surface area contributed by atoms with Crippen molar-refractivity contribution in [1.82, 2.24) is 9.80 Å². The summed E-state index contributed by atoms with van der Waals surface area (Å²) in [4.78, 5) is 26.4. The highest BCUT2D eigenvalue weighted by Crippen LogP contribution is 2.32. The molecule has 5 nitrogen and oxygen atoms in total. The molecule has 0 unspecified atom stereocenters. The van der Waals surface area contributed by atoms with Crippen molar-refractivity contribution in [3.63, 3.8) is 0 Å². The number of amides is 2. The van der Waals surface area contributed by atoms with E-state index >= 15 is 0 Å². The number of primary amides is 1. The van der Waals surface area contributed by atoms with Gasteiger partial charge in [-0.3, -0.25) is 14.5 Å². The molecule has 0 atom stereocenters. The molecule has 16 heavy (non-hydrogen) atoms. The minimum atomic E-state index is -0.294. The third-order valence-corrected chi connectivity index (χ3v) is 3.26. The van der Waals surface area contributed by atoms with E-state index in [0.717, 1.165) is 32.6 Å². The topological polar surface area (TPSA) is 66.6 Å². The SMILES string of the molecule is NC(=O)CN1CCN(C(=O)CC2CC2)CC1. The van der Waals surface area contributed by atoms with Crippen molar-refractivity contribution in [1.29, 1.82) is 0 Å². The van der Waals surface area contributed by atoms with Crippen LogP contribution < -0.4 is 5.73 Å². The highest BCUT2D eigenvalue weighted by molar-refractivity contribution is 5.77. The summed E-state index contributed by atoms with van der Waals surface area (Å²) in [7, 11) is 0. The predicted molar refractivity (Wildman–Crippen MR) is 59.6 cm³/mol. The summed E-state index contributed by atoms with van der Waals surface area (Å²) in [6.07, 6.45) is 3.15. The van der Waals surface area contributed by atoms with Crippen LogP contribution in [0.15, 0.2) is 0 Å². The van der Waals surface area contributed by atoms with Gasteiger partial charge in [0.25, 0.3) is 0 Å². The molecule has 0 aromatic carbocycles. The molecule has 2 fully saturated rings. The number of hydrogen-bond acceptors (Lipinski definition) is 3. The Kier molecular flexibility index (Phi) is 3.43. The summed E-state index contributed by atoms with van der Waals surface area (Å²) in [5.74, 6) is 0.634. The molecule has 2 N–H and O–H groups in total. The highest BCUT2D eigenvalue weighted by atomic mass is 16.2. The van der Waals surface area contributed by atoms with Gasteiger partial charge in [0, 0.05) is 32.6 Å². The first-order chi connectivity index (χ1) is 7.65. The number of rotatable bonds is 4. The maximum absolute atomic E-state index is 11.8. The predicted octanol–water partition coefficient (Wildman–Crippen LogP) is -0.584. The molecular weight excluding hydrogens is 206 g/mol. The maximum atomic E-state index is 11.8. The molecule has 0 aromatic heterocycles. The van der Waals surface area contributed by atoms with E-state index in [-0.39, 0.29) is 11.8 Å². The van der Waals surface area contributed by atoms with Gasteiger partial charge in [0.15, 0.2) is 0 Å². The molecule has 1 aliphatic heterocycles. The van der Waals surface area contributed by atoms with Gasteiger partial charge < -0.3 is 10.6 Å². The Balaban J connectivity index is 1.71. The van der Waals surface area contributed by atoms with E-state index in [1.807, 2.05) is 9.80 Å². The molecule has 90 valence electrons. The number of hydrogen-bond donors (Lipinski definition) is 1. The van der Waals surface area contributed by atoms with Crippen LogP contribution in [0.25, 0.3) is 0 Å². The monoisotopic (exact) mass is 225 g/mol. The van der Waals surface area contributed by atoms with Gasteiger partial charge in [-0.2, -0.15) is 0 Å². The Labute approximate surface area is 95.6 Å². The minimum absolute atomic E-state index is 0.279. The van der Waals surface area contributed by atoms with Crippen molar-refractivity contribution in [2.45, 2.75) is 19.3 Å². The molecule has 0 spiro atoms. The third-order valence-electron chi connectivity index (χ3n) is 3.26. The van der Waals surface area contributed by atoms with Gasteiger partial charge in [0.1, 0.15) is 0 Å². The van der Waals surface area contributed by atoms with Crippen LogP contribution >= 0.6 is 0 Å². The molecule has 1 heterocycles. The number of carbonyl (C=O) groups is 2. The van der Waals surface area contributed by atoms with Crippen molar-refractivity contribution in [3.05, 3.63) is 0 Å². The molecule has 0 radical (unpaired) electrons. The standard InChI is InChI=1S/C11H19N3O2/c12-10(15)8-13-3-5-14(6-4-13)11(16)7-9-1-2-9/h9H,1-8H2,(H2,12,15). The first kappa shape index (κ1) is 11.4. The Morgan fingerprint density at radius 1 is 1.12 bits per heavy atom. The third kappa shape index (κ3) is 3.20. The molecule has 0 aromatic rings. The van der Waals surface area contributed by atoms with E-state index in [2.05, 4.69) is 0 Å². The highest BCUT2D eigenvalue weighted by Gasteiger charge is 2.28. The molecule has 2 amide bonds. The Morgan fingerprint density at radius 3 is 2.25 bits per heavy atom. The van der Waals surface area contributed by atoms with Crippen molar-refractivity contribution in [2.24, 2.45) is 11.7 Å². The first-order valence-corrected chi connectivity index (χ1v) is 5.93. The second-order valence-corrected chi connectivity index (χ2v) is 4.77. The van der Waals surface area contributed by atoms with Crippen LogP contribution in [-0.4, -0.2) is 54.3 Å². The van der Waals surface area contributed by atoms with Crippen LogP contribution in [0.1, 0.15) is 19.3 Å². The Hall–Kier alpha value is -1.10. The van der Waals surface area contributed by atoms with Gasteiger partial charge >= 0.3 is 0 Å². The average molecular weight is 225 g/mol. The maximum Gasteiger partial charge on any atom is 0.231 e. The molecule has 1 aliphatic carbocycles. The summed E-state index contributed by atoms with van der Waals surface area (Å²) in [6, 6.07) is 0. The number of nitrogens with zero attached hydrogens (tertiary/aromatic N) is 2. The van der Waals surface area contributed by atoms with E-state index < -0.39 is 0 Å². The van der Waals surface area contributed by atoms with Crippen LogP contribution in [0.5, 0.6) is 0 Å². The molecule has 2 aliphatic rings. The van der Waals surface area contributed by atoms with Crippen LogP contribution in [0.3, 0.4) is 0 Å². The lowest BCUT2D eigenvalue weighted by atomic mass is 10.2. The van der Waals surface area contributed by atoms with Crippen LogP contribution in [0.2, 0.25) is 0 Å². The van der Waals surface area contributed by atoms with Crippen molar-refractivity contribution in [3.8, 4) is 0 Å². The summed E-state index contributed by atoms with van der Waals surface area (Å²) in [6.45, 7) is 3.31. The smallest absolute Gasteiger partial charge is 0.231 e. The first-order valence-electron chi connectivity index (χ1n) is 5.93. The van der Waals surface area contributed by atoms with Crippen LogP contribution in [0, 0.1) is 5.92 Å². The normalized spacial score (nSPS) is 22.1. The Bertz CT molecular complexity index is 281. The molecule has 1 saturated carbocycles. The van der Waals surface area contributed by atoms with Crippen LogP contribution in [-0.2, 0) is 9.59 Å². The molecule has 2 rings (SSSR count). The molecule has 1 saturated heterocycles. The van der Waals surface area contributed by atoms with Gasteiger partial charge in [-0.05, 0) is 18.8 Å². The van der Waals surface area contributed by atoms with E-state index in [1.54, 1.807) is 0 Å². The zero-order chi connectivity index (χ0) is 11.5. The quantitative estimate of drug-likeness (QED) is 0.696. The van der Waals surface area contributed by atoms with Gasteiger partial charge in [-0.15, -0.1) is 0 Å². The van der Waals surface area contributed by atoms with Crippen molar-refractivity contribution < 1.29 is 9.59 Å². The summed E-state index contributed by atoms with van der Waals surface area (Å²) < 4.78 is 0. The lowest BCUT2D eigenvalue weighted by Crippen LogP contribution is -2.50. The largest absolute Gasteiger partial charge is 0.369 e. The minimum Gasteiger partial charge on any atom is -0.369 e. The molecule has 5 heteroatoms. The fraction of sp³-hybridized carbons (Fsp3) is 0.818. The second kappa shape index (κ2) is 4.82.